The highest BCUT2D eigenvalue weighted by atomic mass is 32.2. The number of nitro benzene ring substituents is 1. The second-order valence-electron chi connectivity index (χ2n) is 3.12. The van der Waals surface area contributed by atoms with Gasteiger partial charge >= 0.3 is 12.1 Å². The Balaban J connectivity index is 2.98. The molecule has 9 heteroatoms. The molecule has 0 fully saturated rings. The molecule has 1 aromatic carbocycles. The molecule has 0 bridgehead atoms. The molecule has 0 unspecified atom stereocenters. The van der Waals surface area contributed by atoms with Gasteiger partial charge < -0.3 is 0 Å². The van der Waals surface area contributed by atoms with Crippen LogP contribution >= 0.6 is 0 Å². The van der Waals surface area contributed by atoms with Crippen LogP contribution in [0.25, 0.3) is 0 Å². The molecule has 0 aliphatic carbocycles. The predicted molar refractivity (Wildman–Crippen MR) is 58.1 cm³/mol. The van der Waals surface area contributed by atoms with Crippen LogP contribution in [-0.4, -0.2) is 23.3 Å². The van der Waals surface area contributed by atoms with Crippen molar-refractivity contribution >= 4 is 22.3 Å². The van der Waals surface area contributed by atoms with Crippen molar-refractivity contribution in [3.8, 4) is 0 Å². The maximum atomic E-state index is 12.0. The molecule has 0 saturated carbocycles. The first-order chi connectivity index (χ1) is 8.21. The van der Waals surface area contributed by atoms with E-state index in [1.807, 2.05) is 0 Å². The summed E-state index contributed by atoms with van der Waals surface area (Å²) in [5.74, 6) is -2.16. The number of carbonyl (C=O) groups excluding carboxylic acids is 1. The van der Waals surface area contributed by atoms with Crippen LogP contribution in [0.5, 0.6) is 0 Å². The summed E-state index contributed by atoms with van der Waals surface area (Å²) in [6.45, 7) is 0. The molecule has 1 amide bonds. The van der Waals surface area contributed by atoms with E-state index < -0.39 is 27.7 Å². The Hall–Kier alpha value is -1.77. The number of alkyl halides is 3. The number of hydrogen-bond acceptors (Lipinski definition) is 3. The van der Waals surface area contributed by atoms with E-state index in [1.54, 1.807) is 0 Å². The maximum Gasteiger partial charge on any atom is 0.474 e. The number of carbonyl (C=O) groups is 1. The van der Waals surface area contributed by atoms with E-state index in [0.29, 0.717) is 4.90 Å². The molecule has 0 heterocycles. The Morgan fingerprint density at radius 3 is 2.22 bits per heavy atom. The van der Waals surface area contributed by atoms with Gasteiger partial charge in [0.05, 0.1) is 4.92 Å². The van der Waals surface area contributed by atoms with Crippen LogP contribution in [0.3, 0.4) is 0 Å². The van der Waals surface area contributed by atoms with Gasteiger partial charge in [0, 0.05) is 17.0 Å². The van der Waals surface area contributed by atoms with Gasteiger partial charge in [-0.3, -0.25) is 14.9 Å². The zero-order valence-electron chi connectivity index (χ0n) is 8.97. The molecular weight excluding hydrogens is 273 g/mol. The molecule has 1 rings (SSSR count). The predicted octanol–water partition coefficient (Wildman–Crippen LogP) is 2.47. The molecule has 0 radical (unpaired) electrons. The van der Waals surface area contributed by atoms with Gasteiger partial charge in [-0.2, -0.15) is 17.5 Å². The van der Waals surface area contributed by atoms with E-state index >= 15 is 0 Å². The number of rotatable bonds is 2. The molecule has 0 spiro atoms. The minimum atomic E-state index is -5.00. The zero-order valence-corrected chi connectivity index (χ0v) is 9.79. The molecule has 0 N–H and O–H groups in total. The lowest BCUT2D eigenvalue weighted by atomic mass is 10.3. The van der Waals surface area contributed by atoms with E-state index in [2.05, 4.69) is 4.36 Å². The standard InChI is InChI=1S/C9H7F3N2O3S/c1-18(13-8(15)9(10,11)12)7-4-2-6(3-5-7)14(16)17/h2-5H,1H3/t18-/m0/s1. The molecule has 98 valence electrons. The van der Waals surface area contributed by atoms with Crippen LogP contribution in [0, 0.1) is 10.1 Å². The topological polar surface area (TPSA) is 72.6 Å². The van der Waals surface area contributed by atoms with Crippen LogP contribution in [-0.2, 0) is 15.5 Å². The third-order valence-electron chi connectivity index (χ3n) is 1.85. The van der Waals surface area contributed by atoms with Gasteiger partial charge in [0.1, 0.15) is 0 Å². The quantitative estimate of drug-likeness (QED) is 0.617. The fourth-order valence-corrected chi connectivity index (χ4v) is 1.98. The Kier molecular flexibility index (Phi) is 4.17. The first-order valence-electron chi connectivity index (χ1n) is 4.45. The highest BCUT2D eigenvalue weighted by Crippen LogP contribution is 2.19. The highest BCUT2D eigenvalue weighted by molar-refractivity contribution is 7.87. The van der Waals surface area contributed by atoms with Crippen LogP contribution in [0.15, 0.2) is 33.5 Å². The van der Waals surface area contributed by atoms with Crippen molar-refractivity contribution in [2.45, 2.75) is 11.1 Å². The van der Waals surface area contributed by atoms with E-state index in [1.165, 1.54) is 18.4 Å². The lowest BCUT2D eigenvalue weighted by Gasteiger charge is -2.03. The largest absolute Gasteiger partial charge is 0.474 e. The fraction of sp³-hybridized carbons (Fsp3) is 0.222. The van der Waals surface area contributed by atoms with Gasteiger partial charge in [0.2, 0.25) is 0 Å². The van der Waals surface area contributed by atoms with Crippen LogP contribution in [0.2, 0.25) is 0 Å². The number of non-ortho nitro benzene ring substituents is 1. The van der Waals surface area contributed by atoms with Crippen molar-refractivity contribution in [3.05, 3.63) is 34.4 Å². The van der Waals surface area contributed by atoms with E-state index in [-0.39, 0.29) is 5.69 Å². The molecule has 0 aliphatic heterocycles. The summed E-state index contributed by atoms with van der Waals surface area (Å²) in [5, 5.41) is 10.4. The summed E-state index contributed by atoms with van der Waals surface area (Å²) in [5.41, 5.74) is -0.183. The molecule has 0 aromatic heterocycles. The fourth-order valence-electron chi connectivity index (χ4n) is 0.994. The Morgan fingerprint density at radius 1 is 1.33 bits per heavy atom. The van der Waals surface area contributed by atoms with E-state index in [9.17, 15) is 28.1 Å². The van der Waals surface area contributed by atoms with Crippen molar-refractivity contribution in [2.75, 3.05) is 6.26 Å². The van der Waals surface area contributed by atoms with Gasteiger partial charge in [0.15, 0.2) is 0 Å². The SMILES string of the molecule is C[S@](=NC(=O)C(F)(F)F)c1ccc([N+](=O)[O-])cc1. The van der Waals surface area contributed by atoms with Crippen LogP contribution < -0.4 is 0 Å². The summed E-state index contributed by atoms with van der Waals surface area (Å²) in [6.07, 6.45) is -3.67. The summed E-state index contributed by atoms with van der Waals surface area (Å²) in [4.78, 5) is 20.7. The monoisotopic (exact) mass is 280 g/mol. The second-order valence-corrected chi connectivity index (χ2v) is 4.73. The van der Waals surface area contributed by atoms with Gasteiger partial charge in [-0.1, -0.05) is 10.7 Å². The van der Waals surface area contributed by atoms with Gasteiger partial charge in [0.25, 0.3) is 5.69 Å². The smallest absolute Gasteiger partial charge is 0.261 e. The third kappa shape index (κ3) is 3.62. The summed E-state index contributed by atoms with van der Waals surface area (Å²) in [7, 11) is -1.30. The number of nitro groups is 1. The number of halogens is 3. The summed E-state index contributed by atoms with van der Waals surface area (Å²) < 4.78 is 38.9. The highest BCUT2D eigenvalue weighted by Gasteiger charge is 2.38. The second kappa shape index (κ2) is 5.25. The molecule has 0 aliphatic rings. The Bertz CT molecular complexity index is 511. The summed E-state index contributed by atoms with van der Waals surface area (Å²) >= 11 is 0. The molecule has 1 aromatic rings. The van der Waals surface area contributed by atoms with Crippen molar-refractivity contribution in [2.24, 2.45) is 4.36 Å². The number of hydrogen-bond donors (Lipinski definition) is 0. The average molecular weight is 280 g/mol. The van der Waals surface area contributed by atoms with Crippen molar-refractivity contribution < 1.29 is 22.9 Å². The summed E-state index contributed by atoms with van der Waals surface area (Å²) in [6, 6.07) is 4.83. The van der Waals surface area contributed by atoms with Gasteiger partial charge in [-0.05, 0) is 18.4 Å². The first-order valence-corrected chi connectivity index (χ1v) is 6.04. The van der Waals surface area contributed by atoms with Crippen molar-refractivity contribution in [1.82, 2.24) is 0 Å². The minimum Gasteiger partial charge on any atom is -0.261 e. The Morgan fingerprint density at radius 2 is 1.83 bits per heavy atom. The van der Waals surface area contributed by atoms with E-state index in [4.69, 9.17) is 0 Å². The minimum absolute atomic E-state index is 0.183. The zero-order chi connectivity index (χ0) is 13.9. The molecule has 1 atom stereocenters. The van der Waals surface area contributed by atoms with Gasteiger partial charge in [-0.15, -0.1) is 0 Å². The van der Waals surface area contributed by atoms with Gasteiger partial charge in [-0.25, -0.2) is 0 Å². The third-order valence-corrected chi connectivity index (χ3v) is 3.25. The number of benzene rings is 1. The first kappa shape index (κ1) is 14.3. The molecule has 0 saturated heterocycles. The van der Waals surface area contributed by atoms with Crippen molar-refractivity contribution in [3.63, 3.8) is 0 Å². The molecule has 5 nitrogen and oxygen atoms in total. The number of nitrogens with zero attached hydrogens (tertiary/aromatic N) is 2. The normalized spacial score (nSPS) is 13.3. The van der Waals surface area contributed by atoms with Crippen molar-refractivity contribution in [1.29, 1.82) is 0 Å². The maximum absolute atomic E-state index is 12.0. The van der Waals surface area contributed by atoms with Crippen LogP contribution in [0.1, 0.15) is 0 Å². The number of amides is 1. The molecule has 18 heavy (non-hydrogen) atoms. The average Bonchev–Trinajstić information content (AvgIpc) is 2.27. The van der Waals surface area contributed by atoms with E-state index in [0.717, 1.165) is 12.1 Å². The van der Waals surface area contributed by atoms with Crippen LogP contribution in [0.4, 0.5) is 18.9 Å². The lowest BCUT2D eigenvalue weighted by Crippen LogP contribution is -2.20. The molecular formula is C9H7F3N2O3S. The Labute approximate surface area is 102 Å². The lowest BCUT2D eigenvalue weighted by molar-refractivity contribution is -0.384.